The zero-order valence-electron chi connectivity index (χ0n) is 14.7. The number of fused-ring (bicyclic) bond motifs is 3. The monoisotopic (exact) mass is 391 g/mol. The summed E-state index contributed by atoms with van der Waals surface area (Å²) in [5.74, 6) is 1.35. The minimum Gasteiger partial charge on any atom is -0.466 e. The second-order valence-corrected chi connectivity index (χ2v) is 8.29. The fourth-order valence-electron chi connectivity index (χ4n) is 4.45. The predicted molar refractivity (Wildman–Crippen MR) is 103 cm³/mol. The minimum absolute atomic E-state index is 0.0451. The van der Waals surface area contributed by atoms with Gasteiger partial charge in [-0.1, -0.05) is 6.07 Å². The summed E-state index contributed by atoms with van der Waals surface area (Å²) in [4.78, 5) is 22.3. The number of carbonyl (C=O) groups is 1. The van der Waals surface area contributed by atoms with Crippen LogP contribution in [-0.4, -0.2) is 28.6 Å². The number of nitrogens with zero attached hydrogens (tertiary/aromatic N) is 2. The van der Waals surface area contributed by atoms with Crippen LogP contribution in [0.1, 0.15) is 32.6 Å². The van der Waals surface area contributed by atoms with Gasteiger partial charge in [0.1, 0.15) is 5.82 Å². The Hall–Kier alpha value is -1.66. The molecule has 2 aromatic rings. The van der Waals surface area contributed by atoms with E-state index in [-0.39, 0.29) is 23.2 Å². The Morgan fingerprint density at radius 1 is 1.31 bits per heavy atom. The summed E-state index contributed by atoms with van der Waals surface area (Å²) in [5, 5.41) is 5.74. The first kappa shape index (κ1) is 17.7. The molecular formula is C19H22ClN3O2S. The smallest absolute Gasteiger partial charge is 0.311 e. The number of halogens is 1. The van der Waals surface area contributed by atoms with Crippen LogP contribution >= 0.6 is 22.9 Å². The lowest BCUT2D eigenvalue weighted by atomic mass is 9.61. The molecule has 2 aromatic heterocycles. The van der Waals surface area contributed by atoms with Gasteiger partial charge in [-0.25, -0.2) is 9.97 Å². The summed E-state index contributed by atoms with van der Waals surface area (Å²) in [7, 11) is 0. The minimum atomic E-state index is -0.110. The van der Waals surface area contributed by atoms with Gasteiger partial charge in [-0.2, -0.15) is 0 Å². The Labute approximate surface area is 162 Å². The SMILES string of the molecule is CCOC(=O)[C@@H]1C2CCC(CC2)[C@H]1Nc1cc(-c2cccs2)nc(Cl)n1. The Bertz CT molecular complexity index is 775. The van der Waals surface area contributed by atoms with E-state index in [9.17, 15) is 4.79 Å². The zero-order chi connectivity index (χ0) is 18.1. The summed E-state index contributed by atoms with van der Waals surface area (Å²) in [5.41, 5.74) is 0.802. The summed E-state index contributed by atoms with van der Waals surface area (Å²) in [6.45, 7) is 2.28. The Morgan fingerprint density at radius 3 is 2.77 bits per heavy atom. The molecule has 0 radical (unpaired) electrons. The van der Waals surface area contributed by atoms with Crippen LogP contribution < -0.4 is 5.32 Å². The van der Waals surface area contributed by atoms with Gasteiger partial charge in [0.25, 0.3) is 0 Å². The number of hydrogen-bond acceptors (Lipinski definition) is 6. The number of ether oxygens (including phenoxy) is 1. The molecule has 26 heavy (non-hydrogen) atoms. The lowest BCUT2D eigenvalue weighted by Crippen LogP contribution is -2.52. The largest absolute Gasteiger partial charge is 0.466 e. The maximum absolute atomic E-state index is 12.6. The number of rotatable bonds is 5. The number of esters is 1. The molecule has 3 aliphatic carbocycles. The molecule has 5 nitrogen and oxygen atoms in total. The van der Waals surface area contributed by atoms with Crippen LogP contribution in [0.2, 0.25) is 5.28 Å². The second-order valence-electron chi connectivity index (χ2n) is 7.01. The van der Waals surface area contributed by atoms with E-state index in [0.717, 1.165) is 36.3 Å². The van der Waals surface area contributed by atoms with Crippen molar-refractivity contribution < 1.29 is 9.53 Å². The summed E-state index contributed by atoms with van der Waals surface area (Å²) >= 11 is 7.78. The number of aromatic nitrogens is 2. The lowest BCUT2D eigenvalue weighted by molar-refractivity contribution is -0.154. The second kappa shape index (κ2) is 7.53. The molecule has 3 saturated carbocycles. The van der Waals surface area contributed by atoms with Gasteiger partial charge < -0.3 is 10.1 Å². The normalized spacial score (nSPS) is 27.3. The van der Waals surface area contributed by atoms with Crippen molar-refractivity contribution in [3.63, 3.8) is 0 Å². The van der Waals surface area contributed by atoms with Crippen LogP contribution in [0.5, 0.6) is 0 Å². The van der Waals surface area contributed by atoms with Crippen molar-refractivity contribution in [1.82, 2.24) is 9.97 Å². The molecule has 1 N–H and O–H groups in total. The average molecular weight is 392 g/mol. The van der Waals surface area contributed by atoms with Crippen molar-refractivity contribution >= 4 is 34.7 Å². The Kier molecular flexibility index (Phi) is 5.14. The number of nitrogens with one attached hydrogen (secondary N) is 1. The topological polar surface area (TPSA) is 64.1 Å². The first-order chi connectivity index (χ1) is 12.7. The summed E-state index contributed by atoms with van der Waals surface area (Å²) < 4.78 is 5.37. The van der Waals surface area contributed by atoms with E-state index in [1.54, 1.807) is 11.3 Å². The van der Waals surface area contributed by atoms with Crippen LogP contribution in [-0.2, 0) is 9.53 Å². The molecule has 2 heterocycles. The quantitative estimate of drug-likeness (QED) is 0.594. The first-order valence-corrected chi connectivity index (χ1v) is 10.4. The lowest BCUT2D eigenvalue weighted by Gasteiger charge is -2.47. The highest BCUT2D eigenvalue weighted by molar-refractivity contribution is 7.13. The molecule has 7 heteroatoms. The number of hydrogen-bond donors (Lipinski definition) is 1. The maximum Gasteiger partial charge on any atom is 0.311 e. The highest BCUT2D eigenvalue weighted by Crippen LogP contribution is 2.46. The third-order valence-corrected chi connectivity index (χ3v) is 6.63. The first-order valence-electron chi connectivity index (χ1n) is 9.17. The van der Waals surface area contributed by atoms with Crippen molar-refractivity contribution in [1.29, 1.82) is 0 Å². The van der Waals surface area contributed by atoms with E-state index >= 15 is 0 Å². The number of thiophene rings is 1. The molecule has 3 aliphatic rings. The van der Waals surface area contributed by atoms with E-state index in [2.05, 4.69) is 15.3 Å². The van der Waals surface area contributed by atoms with E-state index in [1.807, 2.05) is 30.5 Å². The molecule has 0 aliphatic heterocycles. The maximum atomic E-state index is 12.6. The van der Waals surface area contributed by atoms with Gasteiger partial charge in [0.05, 0.1) is 23.1 Å². The highest BCUT2D eigenvalue weighted by atomic mass is 35.5. The number of anilines is 1. The van der Waals surface area contributed by atoms with Crippen LogP contribution in [0.25, 0.3) is 10.6 Å². The van der Waals surface area contributed by atoms with Gasteiger partial charge >= 0.3 is 5.97 Å². The molecule has 138 valence electrons. The van der Waals surface area contributed by atoms with Gasteiger partial charge in [-0.3, -0.25) is 4.79 Å². The fourth-order valence-corrected chi connectivity index (χ4v) is 5.32. The molecule has 3 fully saturated rings. The predicted octanol–water partition coefficient (Wildman–Crippen LogP) is 4.64. The third kappa shape index (κ3) is 3.45. The third-order valence-electron chi connectivity index (χ3n) is 5.56. The van der Waals surface area contributed by atoms with E-state index in [4.69, 9.17) is 16.3 Å². The number of carbonyl (C=O) groups excluding carboxylic acids is 1. The van der Waals surface area contributed by atoms with E-state index in [1.165, 1.54) is 0 Å². The van der Waals surface area contributed by atoms with Crippen molar-refractivity contribution in [3.05, 3.63) is 28.9 Å². The van der Waals surface area contributed by atoms with Gasteiger partial charge in [-0.15, -0.1) is 11.3 Å². The molecule has 5 rings (SSSR count). The van der Waals surface area contributed by atoms with Crippen molar-refractivity contribution in [2.45, 2.75) is 38.6 Å². The van der Waals surface area contributed by atoms with Crippen molar-refractivity contribution in [2.75, 3.05) is 11.9 Å². The van der Waals surface area contributed by atoms with Crippen LogP contribution in [0.3, 0.4) is 0 Å². The van der Waals surface area contributed by atoms with Crippen molar-refractivity contribution in [2.24, 2.45) is 17.8 Å². The molecule has 0 spiro atoms. The standard InChI is InChI=1S/C19H22ClN3O2S/c1-2-25-18(24)16-11-5-7-12(8-6-11)17(16)22-15-10-13(21-19(20)23-15)14-4-3-9-26-14/h3-4,9-12,16-17H,2,5-8H2,1H3,(H,21,22,23)/t11?,12?,16-,17-/m1/s1. The van der Waals surface area contributed by atoms with E-state index < -0.39 is 0 Å². The van der Waals surface area contributed by atoms with Gasteiger partial charge in [-0.05, 0) is 67.5 Å². The summed E-state index contributed by atoms with van der Waals surface area (Å²) in [6.07, 6.45) is 4.51. The molecule has 0 amide bonds. The van der Waals surface area contributed by atoms with Crippen LogP contribution in [0.15, 0.2) is 23.6 Å². The molecule has 2 bridgehead atoms. The van der Waals surface area contributed by atoms with E-state index in [0.29, 0.717) is 24.3 Å². The summed E-state index contributed by atoms with van der Waals surface area (Å²) in [6, 6.07) is 5.96. The molecule has 0 aromatic carbocycles. The Morgan fingerprint density at radius 2 is 2.08 bits per heavy atom. The molecular weight excluding hydrogens is 370 g/mol. The molecule has 0 saturated heterocycles. The highest BCUT2D eigenvalue weighted by Gasteiger charge is 2.48. The van der Waals surface area contributed by atoms with Gasteiger partial charge in [0.15, 0.2) is 0 Å². The van der Waals surface area contributed by atoms with Crippen LogP contribution in [0.4, 0.5) is 5.82 Å². The Balaban J connectivity index is 1.61. The van der Waals surface area contributed by atoms with Gasteiger partial charge in [0.2, 0.25) is 5.28 Å². The molecule has 0 unspecified atom stereocenters. The van der Waals surface area contributed by atoms with Crippen molar-refractivity contribution in [3.8, 4) is 10.6 Å². The van der Waals surface area contributed by atoms with Gasteiger partial charge in [0, 0.05) is 12.1 Å². The van der Waals surface area contributed by atoms with Crippen LogP contribution in [0, 0.1) is 17.8 Å². The fraction of sp³-hybridized carbons (Fsp3) is 0.526. The average Bonchev–Trinajstić information content (AvgIpc) is 3.17. The molecule has 2 atom stereocenters. The zero-order valence-corrected chi connectivity index (χ0v) is 16.2.